The van der Waals surface area contributed by atoms with Crippen molar-refractivity contribution in [2.24, 2.45) is 0 Å². The largest absolute Gasteiger partial charge is 0.479 e. The molecular formula is C14H19NO2. The summed E-state index contributed by atoms with van der Waals surface area (Å²) in [7, 11) is 0. The molecule has 0 saturated heterocycles. The van der Waals surface area contributed by atoms with E-state index < -0.39 is 11.5 Å². The molecule has 3 rings (SSSR count). The van der Waals surface area contributed by atoms with Gasteiger partial charge in [-0.1, -0.05) is 19.3 Å². The topological polar surface area (TPSA) is 42.2 Å². The Morgan fingerprint density at radius 2 is 2.00 bits per heavy atom. The van der Waals surface area contributed by atoms with Crippen LogP contribution >= 0.6 is 0 Å². The van der Waals surface area contributed by atoms with Crippen molar-refractivity contribution in [1.29, 1.82) is 0 Å². The number of hydrogen-bond acceptors (Lipinski definition) is 1. The summed E-state index contributed by atoms with van der Waals surface area (Å²) in [5.41, 5.74) is 0.668. The van der Waals surface area contributed by atoms with Gasteiger partial charge in [-0.25, -0.2) is 4.79 Å². The Hall–Kier alpha value is -1.25. The van der Waals surface area contributed by atoms with Crippen molar-refractivity contribution in [2.75, 3.05) is 0 Å². The van der Waals surface area contributed by atoms with Gasteiger partial charge in [0.2, 0.25) is 0 Å². The molecule has 0 aromatic carbocycles. The van der Waals surface area contributed by atoms with Crippen molar-refractivity contribution in [2.45, 2.75) is 56.4 Å². The third-order valence-corrected chi connectivity index (χ3v) is 4.34. The summed E-state index contributed by atoms with van der Waals surface area (Å²) < 4.78 is 1.97. The first-order chi connectivity index (χ1) is 8.22. The zero-order valence-corrected chi connectivity index (χ0v) is 10.1. The molecule has 2 saturated carbocycles. The molecule has 0 amide bonds. The van der Waals surface area contributed by atoms with E-state index in [1.807, 2.05) is 10.8 Å². The second-order valence-corrected chi connectivity index (χ2v) is 5.52. The van der Waals surface area contributed by atoms with Crippen molar-refractivity contribution < 1.29 is 9.90 Å². The lowest BCUT2D eigenvalue weighted by atomic mass is 9.81. The minimum atomic E-state index is -0.661. The second kappa shape index (κ2) is 3.90. The molecular weight excluding hydrogens is 214 g/mol. The Labute approximate surface area is 101 Å². The highest BCUT2D eigenvalue weighted by atomic mass is 16.4. The summed E-state index contributed by atoms with van der Waals surface area (Å²) in [6.07, 6.45) is 11.4. The molecule has 0 unspecified atom stereocenters. The molecule has 0 aliphatic heterocycles. The second-order valence-electron chi connectivity index (χ2n) is 5.52. The first-order valence-electron chi connectivity index (χ1n) is 6.64. The summed E-state index contributed by atoms with van der Waals surface area (Å²) in [6, 6.07) is 2.11. The molecule has 0 spiro atoms. The molecule has 1 aromatic heterocycles. The molecule has 17 heavy (non-hydrogen) atoms. The van der Waals surface area contributed by atoms with Crippen LogP contribution < -0.4 is 0 Å². The molecule has 92 valence electrons. The molecule has 1 N–H and O–H groups in total. The minimum Gasteiger partial charge on any atom is -0.479 e. The smallest absolute Gasteiger partial charge is 0.329 e. The molecule has 0 atom stereocenters. The van der Waals surface area contributed by atoms with Gasteiger partial charge in [0.1, 0.15) is 5.54 Å². The van der Waals surface area contributed by atoms with Crippen LogP contribution in [0.25, 0.3) is 0 Å². The zero-order chi connectivity index (χ0) is 11.9. The van der Waals surface area contributed by atoms with Crippen LogP contribution in [0.4, 0.5) is 0 Å². The van der Waals surface area contributed by atoms with E-state index in [0.717, 1.165) is 25.7 Å². The van der Waals surface area contributed by atoms with Crippen molar-refractivity contribution in [3.05, 3.63) is 24.0 Å². The van der Waals surface area contributed by atoms with Crippen molar-refractivity contribution in [3.8, 4) is 0 Å². The van der Waals surface area contributed by atoms with Gasteiger partial charge in [0.15, 0.2) is 0 Å². The van der Waals surface area contributed by atoms with Crippen LogP contribution in [0.2, 0.25) is 0 Å². The van der Waals surface area contributed by atoms with Crippen LogP contribution in [-0.4, -0.2) is 15.6 Å². The number of hydrogen-bond donors (Lipinski definition) is 1. The van der Waals surface area contributed by atoms with E-state index in [9.17, 15) is 9.90 Å². The van der Waals surface area contributed by atoms with Gasteiger partial charge in [0.25, 0.3) is 0 Å². The Bertz CT molecular complexity index is 425. The molecule has 1 heterocycles. The van der Waals surface area contributed by atoms with E-state index in [1.165, 1.54) is 24.8 Å². The Morgan fingerprint density at radius 3 is 2.59 bits per heavy atom. The monoisotopic (exact) mass is 233 g/mol. The van der Waals surface area contributed by atoms with Crippen LogP contribution in [0.3, 0.4) is 0 Å². The number of aliphatic carboxylic acids is 1. The van der Waals surface area contributed by atoms with Gasteiger partial charge in [0.05, 0.1) is 0 Å². The number of carbonyl (C=O) groups is 1. The van der Waals surface area contributed by atoms with Gasteiger partial charge in [0, 0.05) is 12.4 Å². The standard InChI is InChI=1S/C14H19NO2/c16-13(17)14(7-2-1-3-8-14)15-9-6-12(10-15)11-4-5-11/h6,9-11H,1-5,7-8H2,(H,16,17). The fourth-order valence-corrected chi connectivity index (χ4v) is 3.06. The molecule has 3 nitrogen and oxygen atoms in total. The fraction of sp³-hybridized carbons (Fsp3) is 0.643. The van der Waals surface area contributed by atoms with Gasteiger partial charge in [-0.15, -0.1) is 0 Å². The fourth-order valence-electron chi connectivity index (χ4n) is 3.06. The summed E-state index contributed by atoms with van der Waals surface area (Å²) in [4.78, 5) is 11.7. The molecule has 1 aromatic rings. The van der Waals surface area contributed by atoms with E-state index in [-0.39, 0.29) is 0 Å². The molecule has 2 fully saturated rings. The predicted molar refractivity (Wildman–Crippen MR) is 65.1 cm³/mol. The normalized spacial score (nSPS) is 23.5. The van der Waals surface area contributed by atoms with Crippen molar-refractivity contribution in [3.63, 3.8) is 0 Å². The van der Waals surface area contributed by atoms with E-state index in [0.29, 0.717) is 5.92 Å². The zero-order valence-electron chi connectivity index (χ0n) is 10.1. The lowest BCUT2D eigenvalue weighted by molar-refractivity contribution is -0.149. The highest BCUT2D eigenvalue weighted by molar-refractivity contribution is 5.77. The maximum Gasteiger partial charge on any atom is 0.329 e. The first kappa shape index (κ1) is 10.9. The molecule has 0 bridgehead atoms. The van der Waals surface area contributed by atoms with E-state index >= 15 is 0 Å². The summed E-state index contributed by atoms with van der Waals surface area (Å²) in [5, 5.41) is 9.58. The number of aromatic nitrogens is 1. The average molecular weight is 233 g/mol. The maximum atomic E-state index is 11.7. The Kier molecular flexibility index (Phi) is 2.49. The van der Waals surface area contributed by atoms with Gasteiger partial charge >= 0.3 is 5.97 Å². The predicted octanol–water partition coefficient (Wildman–Crippen LogP) is 3.11. The lowest BCUT2D eigenvalue weighted by Gasteiger charge is -2.34. The van der Waals surface area contributed by atoms with E-state index in [2.05, 4.69) is 12.3 Å². The molecule has 3 heteroatoms. The Balaban J connectivity index is 1.93. The molecule has 2 aliphatic rings. The third kappa shape index (κ3) is 1.78. The highest BCUT2D eigenvalue weighted by Crippen LogP contribution is 2.42. The number of rotatable bonds is 3. The number of carboxylic acids is 1. The SMILES string of the molecule is O=C(O)C1(n2ccc(C3CC3)c2)CCCCC1. The summed E-state index contributed by atoms with van der Waals surface area (Å²) >= 11 is 0. The van der Waals surface area contributed by atoms with Crippen LogP contribution in [0, 0.1) is 0 Å². The lowest BCUT2D eigenvalue weighted by Crippen LogP contribution is -2.42. The van der Waals surface area contributed by atoms with E-state index in [1.54, 1.807) is 0 Å². The highest BCUT2D eigenvalue weighted by Gasteiger charge is 2.41. The van der Waals surface area contributed by atoms with E-state index in [4.69, 9.17) is 0 Å². The number of nitrogens with zero attached hydrogens (tertiary/aromatic N) is 1. The van der Waals surface area contributed by atoms with Gasteiger partial charge < -0.3 is 9.67 Å². The molecule has 2 aliphatic carbocycles. The quantitative estimate of drug-likeness (QED) is 0.871. The van der Waals surface area contributed by atoms with Gasteiger partial charge in [-0.05, 0) is 43.2 Å². The Morgan fingerprint density at radius 1 is 1.29 bits per heavy atom. The van der Waals surface area contributed by atoms with Crippen LogP contribution in [0.1, 0.15) is 56.4 Å². The van der Waals surface area contributed by atoms with Gasteiger partial charge in [-0.2, -0.15) is 0 Å². The summed E-state index contributed by atoms with van der Waals surface area (Å²) in [5.74, 6) is 0.0424. The van der Waals surface area contributed by atoms with Crippen LogP contribution in [-0.2, 0) is 10.3 Å². The average Bonchev–Trinajstić information content (AvgIpc) is 3.08. The van der Waals surface area contributed by atoms with Crippen molar-refractivity contribution >= 4 is 5.97 Å². The van der Waals surface area contributed by atoms with Gasteiger partial charge in [-0.3, -0.25) is 0 Å². The van der Waals surface area contributed by atoms with Crippen molar-refractivity contribution in [1.82, 2.24) is 4.57 Å². The van der Waals surface area contributed by atoms with Crippen LogP contribution in [0.5, 0.6) is 0 Å². The molecule has 0 radical (unpaired) electrons. The first-order valence-corrected chi connectivity index (χ1v) is 6.64. The number of carboxylic acid groups (broad SMARTS) is 1. The summed E-state index contributed by atoms with van der Waals surface area (Å²) in [6.45, 7) is 0. The minimum absolute atomic E-state index is 0.657. The van der Waals surface area contributed by atoms with Crippen LogP contribution in [0.15, 0.2) is 18.5 Å². The third-order valence-electron chi connectivity index (χ3n) is 4.34. The maximum absolute atomic E-state index is 11.7.